The Hall–Kier alpha value is -3.85. The van der Waals surface area contributed by atoms with Gasteiger partial charge in [0.05, 0.1) is 13.7 Å². The Morgan fingerprint density at radius 1 is 1.10 bits per heavy atom. The van der Waals surface area contributed by atoms with Crippen molar-refractivity contribution in [2.45, 2.75) is 6.54 Å². The highest BCUT2D eigenvalue weighted by Gasteiger charge is 2.23. The highest BCUT2D eigenvalue weighted by molar-refractivity contribution is 6.30. The number of ether oxygens (including phenoxy) is 1. The van der Waals surface area contributed by atoms with Gasteiger partial charge in [0.2, 0.25) is 5.78 Å². The third kappa shape index (κ3) is 3.01. The van der Waals surface area contributed by atoms with Crippen molar-refractivity contribution in [1.29, 1.82) is 0 Å². The number of hydrogen-bond acceptors (Lipinski definition) is 5. The lowest BCUT2D eigenvalue weighted by molar-refractivity contribution is 0.415. The summed E-state index contributed by atoms with van der Waals surface area (Å²) < 4.78 is 10.1. The fourth-order valence-corrected chi connectivity index (χ4v) is 3.95. The molecule has 9 nitrogen and oxygen atoms in total. The normalized spacial score (nSPS) is 11.5. The van der Waals surface area contributed by atoms with Crippen LogP contribution in [0.5, 0.6) is 5.75 Å². The van der Waals surface area contributed by atoms with Crippen LogP contribution in [0.4, 0.5) is 0 Å². The van der Waals surface area contributed by atoms with Crippen molar-refractivity contribution >= 4 is 28.5 Å². The summed E-state index contributed by atoms with van der Waals surface area (Å²) in [5.41, 5.74) is 1.36. The molecule has 5 aromatic rings. The number of hydrogen-bond donors (Lipinski definition) is 1. The molecule has 1 N–H and O–H groups in total. The van der Waals surface area contributed by atoms with Crippen LogP contribution in [0.15, 0.2) is 58.1 Å². The molecule has 0 fully saturated rings. The maximum atomic E-state index is 12.8. The number of halogens is 1. The van der Waals surface area contributed by atoms with E-state index in [1.807, 2.05) is 42.5 Å². The fraction of sp³-hybridized carbons (Fsp3) is 0.143. The molecule has 0 aliphatic carbocycles. The molecule has 5 rings (SSSR count). The molecule has 10 heteroatoms. The topological polar surface area (TPSA) is 99.2 Å². The first-order valence-corrected chi connectivity index (χ1v) is 9.81. The predicted octanol–water partition coefficient (Wildman–Crippen LogP) is 2.45. The number of aromatic amines is 1. The van der Waals surface area contributed by atoms with E-state index in [1.165, 1.54) is 4.57 Å². The largest absolute Gasteiger partial charge is 0.497 e. The third-order valence-electron chi connectivity index (χ3n) is 5.22. The minimum atomic E-state index is -0.520. The molecule has 0 saturated heterocycles. The van der Waals surface area contributed by atoms with Crippen LogP contribution in [-0.4, -0.2) is 35.8 Å². The Kier molecular flexibility index (Phi) is 4.40. The maximum Gasteiger partial charge on any atom is 0.329 e. The van der Waals surface area contributed by atoms with E-state index in [1.54, 1.807) is 29.2 Å². The first-order chi connectivity index (χ1) is 15.0. The Balaban J connectivity index is 1.84. The number of benzene rings is 2. The van der Waals surface area contributed by atoms with Gasteiger partial charge in [-0.2, -0.15) is 0 Å². The molecule has 0 saturated carbocycles. The lowest BCUT2D eigenvalue weighted by Gasteiger charge is -2.06. The van der Waals surface area contributed by atoms with Gasteiger partial charge in [-0.1, -0.05) is 23.7 Å². The van der Waals surface area contributed by atoms with Gasteiger partial charge in [-0.05, 0) is 42.0 Å². The number of fused-ring (bicyclic) bond motifs is 3. The lowest BCUT2D eigenvalue weighted by atomic mass is 10.2. The zero-order chi connectivity index (χ0) is 21.7. The minimum absolute atomic E-state index is 0.321. The highest BCUT2D eigenvalue weighted by Crippen LogP contribution is 2.26. The second kappa shape index (κ2) is 7.13. The van der Waals surface area contributed by atoms with Gasteiger partial charge in [0.1, 0.15) is 5.75 Å². The van der Waals surface area contributed by atoms with Crippen molar-refractivity contribution in [2.75, 3.05) is 7.11 Å². The molecule has 31 heavy (non-hydrogen) atoms. The standard InChI is InChI=1S/C21H17ClN6O3/c1-26-19-16(18(29)23-21(26)30)27(11-12-4-3-5-14(22)10-12)20-25-24-17(28(19)20)13-6-8-15(31-2)9-7-13/h3-10H,11H2,1-2H3,(H,23,29,30). The van der Waals surface area contributed by atoms with Crippen molar-refractivity contribution in [3.63, 3.8) is 0 Å². The molecule has 0 aliphatic rings. The van der Waals surface area contributed by atoms with E-state index in [9.17, 15) is 9.59 Å². The molecular weight excluding hydrogens is 420 g/mol. The third-order valence-corrected chi connectivity index (χ3v) is 5.45. The summed E-state index contributed by atoms with van der Waals surface area (Å²) in [6.45, 7) is 0.329. The fourth-order valence-electron chi connectivity index (χ4n) is 3.74. The number of aryl methyl sites for hydroxylation is 1. The van der Waals surface area contributed by atoms with Crippen molar-refractivity contribution in [1.82, 2.24) is 28.7 Å². The summed E-state index contributed by atoms with van der Waals surface area (Å²) in [5.74, 6) is 1.65. The SMILES string of the molecule is COc1ccc(-c2nnc3n(Cc4cccc(Cl)c4)c4c(=O)[nH]c(=O)n(C)c4n23)cc1. The Morgan fingerprint density at radius 3 is 2.58 bits per heavy atom. The van der Waals surface area contributed by atoms with E-state index in [4.69, 9.17) is 16.3 Å². The predicted molar refractivity (Wildman–Crippen MR) is 117 cm³/mol. The molecule has 0 atom stereocenters. The second-order valence-electron chi connectivity index (χ2n) is 7.09. The van der Waals surface area contributed by atoms with E-state index in [-0.39, 0.29) is 0 Å². The average Bonchev–Trinajstić information content (AvgIpc) is 3.32. The molecule has 3 heterocycles. The summed E-state index contributed by atoms with van der Waals surface area (Å²) in [6, 6.07) is 14.7. The van der Waals surface area contributed by atoms with Gasteiger partial charge in [0, 0.05) is 17.6 Å². The van der Waals surface area contributed by atoms with Crippen LogP contribution in [0.3, 0.4) is 0 Å². The molecule has 2 aromatic carbocycles. The van der Waals surface area contributed by atoms with Crippen LogP contribution >= 0.6 is 11.6 Å². The van der Waals surface area contributed by atoms with Crippen LogP contribution in [0.2, 0.25) is 5.02 Å². The summed E-state index contributed by atoms with van der Waals surface area (Å²) in [4.78, 5) is 27.6. The van der Waals surface area contributed by atoms with Gasteiger partial charge in [0.25, 0.3) is 5.56 Å². The highest BCUT2D eigenvalue weighted by atomic mass is 35.5. The lowest BCUT2D eigenvalue weighted by Crippen LogP contribution is -2.29. The molecule has 0 aliphatic heterocycles. The number of nitrogens with one attached hydrogen (secondary N) is 1. The summed E-state index contributed by atoms with van der Waals surface area (Å²) in [5, 5.41) is 9.29. The minimum Gasteiger partial charge on any atom is -0.497 e. The average molecular weight is 437 g/mol. The van der Waals surface area contributed by atoms with Gasteiger partial charge in [-0.25, -0.2) is 9.20 Å². The van der Waals surface area contributed by atoms with Crippen molar-refractivity contribution < 1.29 is 4.74 Å². The van der Waals surface area contributed by atoms with Crippen molar-refractivity contribution in [3.8, 4) is 17.1 Å². The van der Waals surface area contributed by atoms with Gasteiger partial charge >= 0.3 is 5.69 Å². The number of imidazole rings is 1. The van der Waals surface area contributed by atoms with Crippen LogP contribution < -0.4 is 16.0 Å². The van der Waals surface area contributed by atoms with Crippen LogP contribution in [-0.2, 0) is 13.6 Å². The Bertz CT molecular complexity index is 1560. The zero-order valence-corrected chi connectivity index (χ0v) is 17.4. The second-order valence-corrected chi connectivity index (χ2v) is 7.53. The van der Waals surface area contributed by atoms with Crippen molar-refractivity contribution in [3.05, 3.63) is 80.0 Å². The maximum absolute atomic E-state index is 12.8. The van der Waals surface area contributed by atoms with Gasteiger partial charge in [-0.15, -0.1) is 10.2 Å². The summed E-state index contributed by atoms with van der Waals surface area (Å²) in [6.07, 6.45) is 0. The molecule has 0 amide bonds. The molecule has 156 valence electrons. The number of methoxy groups -OCH3 is 1. The van der Waals surface area contributed by atoms with Gasteiger partial charge in [-0.3, -0.25) is 18.9 Å². The number of H-pyrrole nitrogens is 1. The first kappa shape index (κ1) is 19.1. The van der Waals surface area contributed by atoms with E-state index < -0.39 is 11.2 Å². The number of nitrogens with zero attached hydrogens (tertiary/aromatic N) is 5. The smallest absolute Gasteiger partial charge is 0.329 e. The Labute approximate surface area is 180 Å². The van der Waals surface area contributed by atoms with Crippen LogP contribution in [0, 0.1) is 0 Å². The molecule has 0 radical (unpaired) electrons. The summed E-state index contributed by atoms with van der Waals surface area (Å²) >= 11 is 6.14. The Morgan fingerprint density at radius 2 is 1.87 bits per heavy atom. The van der Waals surface area contributed by atoms with Crippen LogP contribution in [0.25, 0.3) is 28.3 Å². The summed E-state index contributed by atoms with van der Waals surface area (Å²) in [7, 11) is 3.19. The number of rotatable bonds is 4. The van der Waals surface area contributed by atoms with Crippen molar-refractivity contribution in [2.24, 2.45) is 7.05 Å². The quantitative estimate of drug-likeness (QED) is 0.466. The van der Waals surface area contributed by atoms with E-state index in [0.29, 0.717) is 40.1 Å². The monoisotopic (exact) mass is 436 g/mol. The van der Waals surface area contributed by atoms with E-state index in [0.717, 1.165) is 11.1 Å². The van der Waals surface area contributed by atoms with E-state index in [2.05, 4.69) is 15.2 Å². The zero-order valence-electron chi connectivity index (χ0n) is 16.7. The first-order valence-electron chi connectivity index (χ1n) is 9.43. The van der Waals surface area contributed by atoms with Gasteiger partial charge in [0.15, 0.2) is 17.0 Å². The molecular formula is C21H17ClN6O3. The molecule has 0 bridgehead atoms. The molecule has 0 spiro atoms. The van der Waals surface area contributed by atoms with Gasteiger partial charge < -0.3 is 4.74 Å². The number of aromatic nitrogens is 6. The van der Waals surface area contributed by atoms with E-state index >= 15 is 0 Å². The van der Waals surface area contributed by atoms with Crippen LogP contribution in [0.1, 0.15) is 5.56 Å². The molecule has 0 unspecified atom stereocenters. The molecule has 3 aromatic heterocycles.